The van der Waals surface area contributed by atoms with Crippen molar-refractivity contribution in [2.45, 2.75) is 25.3 Å². The first-order chi connectivity index (χ1) is 16.7. The van der Waals surface area contributed by atoms with Gasteiger partial charge in [0.2, 0.25) is 5.88 Å². The van der Waals surface area contributed by atoms with Crippen LogP contribution in [0.4, 0.5) is 0 Å². The highest BCUT2D eigenvalue weighted by atomic mass is 16.5. The number of hydrogen-bond acceptors (Lipinski definition) is 5. The van der Waals surface area contributed by atoms with E-state index < -0.39 is 0 Å². The van der Waals surface area contributed by atoms with E-state index in [9.17, 15) is 4.79 Å². The van der Waals surface area contributed by atoms with E-state index in [4.69, 9.17) is 9.47 Å². The molecule has 1 N–H and O–H groups in total. The number of amides is 1. The zero-order valence-electron chi connectivity index (χ0n) is 18.9. The summed E-state index contributed by atoms with van der Waals surface area (Å²) in [5.41, 5.74) is 4.62. The molecule has 170 valence electrons. The van der Waals surface area contributed by atoms with Gasteiger partial charge in [-0.3, -0.25) is 4.79 Å². The second kappa shape index (κ2) is 9.75. The first kappa shape index (κ1) is 21.6. The molecule has 0 spiro atoms. The standard InChI is InChI=1S/C28H25N3O3/c1-33-22-12-14-23(15-13-22)34-27-17-26(29-18-30-27)20-8-4-9-21(16-20)28(32)31-25-11-5-7-19-6-2-3-10-24(19)25/h2-4,6,8-10,12-18,25H,5,7,11H2,1H3,(H,31,32)/t25-/m1/s1. The van der Waals surface area contributed by atoms with E-state index in [2.05, 4.69) is 33.5 Å². The highest BCUT2D eigenvalue weighted by molar-refractivity contribution is 5.95. The molecule has 1 aliphatic carbocycles. The van der Waals surface area contributed by atoms with Crippen molar-refractivity contribution < 1.29 is 14.3 Å². The number of aryl methyl sites for hydroxylation is 1. The Hall–Kier alpha value is -4.19. The van der Waals surface area contributed by atoms with Gasteiger partial charge >= 0.3 is 0 Å². The highest BCUT2D eigenvalue weighted by Crippen LogP contribution is 2.30. The maximum atomic E-state index is 13.1. The van der Waals surface area contributed by atoms with Crippen LogP contribution < -0.4 is 14.8 Å². The Morgan fingerprint density at radius 1 is 0.941 bits per heavy atom. The third kappa shape index (κ3) is 4.76. The number of carbonyl (C=O) groups is 1. The van der Waals surface area contributed by atoms with Crippen LogP contribution in [0.15, 0.2) is 85.2 Å². The Bertz CT molecular complexity index is 1300. The van der Waals surface area contributed by atoms with Crippen molar-refractivity contribution in [1.29, 1.82) is 0 Å². The monoisotopic (exact) mass is 451 g/mol. The Morgan fingerprint density at radius 3 is 2.62 bits per heavy atom. The number of rotatable bonds is 6. The van der Waals surface area contributed by atoms with Gasteiger partial charge in [0.1, 0.15) is 17.8 Å². The van der Waals surface area contributed by atoms with E-state index in [0.717, 1.165) is 30.6 Å². The average Bonchev–Trinajstić information content (AvgIpc) is 2.89. The number of hydrogen-bond donors (Lipinski definition) is 1. The van der Waals surface area contributed by atoms with Gasteiger partial charge in [0, 0.05) is 17.2 Å². The molecule has 1 amide bonds. The molecule has 0 radical (unpaired) electrons. The van der Waals surface area contributed by atoms with E-state index in [1.807, 2.05) is 54.6 Å². The van der Waals surface area contributed by atoms with Crippen LogP contribution in [-0.2, 0) is 6.42 Å². The van der Waals surface area contributed by atoms with Gasteiger partial charge in [-0.1, -0.05) is 36.4 Å². The maximum Gasteiger partial charge on any atom is 0.251 e. The molecule has 1 aromatic heterocycles. The molecule has 34 heavy (non-hydrogen) atoms. The minimum atomic E-state index is -0.0904. The lowest BCUT2D eigenvalue weighted by Crippen LogP contribution is -2.30. The Balaban J connectivity index is 1.33. The first-order valence-electron chi connectivity index (χ1n) is 11.3. The number of benzene rings is 3. The fourth-order valence-corrected chi connectivity index (χ4v) is 4.28. The molecule has 0 saturated heterocycles. The summed E-state index contributed by atoms with van der Waals surface area (Å²) in [5, 5.41) is 3.22. The summed E-state index contributed by atoms with van der Waals surface area (Å²) < 4.78 is 11.0. The van der Waals surface area contributed by atoms with E-state index >= 15 is 0 Å². The smallest absolute Gasteiger partial charge is 0.251 e. The number of carbonyl (C=O) groups excluding carboxylic acids is 1. The summed E-state index contributed by atoms with van der Waals surface area (Å²) in [7, 11) is 1.62. The lowest BCUT2D eigenvalue weighted by molar-refractivity contribution is 0.0933. The van der Waals surface area contributed by atoms with Crippen molar-refractivity contribution in [3.8, 4) is 28.6 Å². The Labute approximate surface area is 198 Å². The Morgan fingerprint density at radius 2 is 1.76 bits per heavy atom. The SMILES string of the molecule is COc1ccc(Oc2cc(-c3cccc(C(=O)N[C@@H]4CCCc5ccccc54)c3)ncn2)cc1. The lowest BCUT2D eigenvalue weighted by atomic mass is 9.87. The molecule has 0 aliphatic heterocycles. The molecule has 6 heteroatoms. The van der Waals surface area contributed by atoms with Gasteiger partial charge in [0.15, 0.2) is 0 Å². The van der Waals surface area contributed by atoms with E-state index in [1.165, 1.54) is 17.5 Å². The first-order valence-corrected chi connectivity index (χ1v) is 11.3. The molecule has 5 rings (SSSR count). The molecule has 0 fully saturated rings. The van der Waals surface area contributed by atoms with Crippen LogP contribution in [0, 0.1) is 0 Å². The fourth-order valence-electron chi connectivity index (χ4n) is 4.28. The van der Waals surface area contributed by atoms with Gasteiger partial charge in [-0.15, -0.1) is 0 Å². The van der Waals surface area contributed by atoms with Crippen LogP contribution in [0.2, 0.25) is 0 Å². The number of fused-ring (bicyclic) bond motifs is 1. The predicted molar refractivity (Wildman–Crippen MR) is 130 cm³/mol. The quantitative estimate of drug-likeness (QED) is 0.404. The largest absolute Gasteiger partial charge is 0.497 e. The fraction of sp³-hybridized carbons (Fsp3) is 0.179. The van der Waals surface area contributed by atoms with Crippen molar-refractivity contribution in [2.24, 2.45) is 0 Å². The molecule has 3 aromatic carbocycles. The van der Waals surface area contributed by atoms with Crippen LogP contribution in [-0.4, -0.2) is 23.0 Å². The zero-order chi connectivity index (χ0) is 23.3. The van der Waals surface area contributed by atoms with Gasteiger partial charge in [0.05, 0.1) is 18.8 Å². The van der Waals surface area contributed by atoms with E-state index in [0.29, 0.717) is 22.9 Å². The van der Waals surface area contributed by atoms with Crippen LogP contribution >= 0.6 is 0 Å². The normalized spacial score (nSPS) is 14.7. The predicted octanol–water partition coefficient (Wildman–Crippen LogP) is 5.75. The van der Waals surface area contributed by atoms with Crippen molar-refractivity contribution in [2.75, 3.05) is 7.11 Å². The van der Waals surface area contributed by atoms with Gasteiger partial charge in [-0.05, 0) is 66.8 Å². The number of nitrogens with zero attached hydrogens (tertiary/aromatic N) is 2. The second-order valence-corrected chi connectivity index (χ2v) is 8.22. The minimum Gasteiger partial charge on any atom is -0.497 e. The molecule has 0 bridgehead atoms. The average molecular weight is 452 g/mol. The van der Waals surface area contributed by atoms with E-state index in [-0.39, 0.29) is 11.9 Å². The molecule has 6 nitrogen and oxygen atoms in total. The van der Waals surface area contributed by atoms with Crippen LogP contribution in [0.5, 0.6) is 17.4 Å². The summed E-state index contributed by atoms with van der Waals surface area (Å²) in [6.45, 7) is 0. The summed E-state index contributed by atoms with van der Waals surface area (Å²) >= 11 is 0. The number of methoxy groups -OCH3 is 1. The molecule has 0 unspecified atom stereocenters. The van der Waals surface area contributed by atoms with Gasteiger partial charge in [-0.2, -0.15) is 0 Å². The van der Waals surface area contributed by atoms with Crippen LogP contribution in [0.1, 0.15) is 40.4 Å². The van der Waals surface area contributed by atoms with Crippen molar-refractivity contribution in [3.05, 3.63) is 102 Å². The minimum absolute atomic E-state index is 0.0321. The molecular formula is C28H25N3O3. The zero-order valence-corrected chi connectivity index (χ0v) is 18.9. The van der Waals surface area contributed by atoms with Crippen molar-refractivity contribution in [3.63, 3.8) is 0 Å². The molecular weight excluding hydrogens is 426 g/mol. The number of nitrogens with one attached hydrogen (secondary N) is 1. The van der Waals surface area contributed by atoms with Gasteiger partial charge in [-0.25, -0.2) is 9.97 Å². The van der Waals surface area contributed by atoms with Crippen molar-refractivity contribution in [1.82, 2.24) is 15.3 Å². The third-order valence-electron chi connectivity index (χ3n) is 6.02. The molecule has 4 aromatic rings. The lowest BCUT2D eigenvalue weighted by Gasteiger charge is -2.26. The highest BCUT2D eigenvalue weighted by Gasteiger charge is 2.22. The van der Waals surface area contributed by atoms with Crippen LogP contribution in [0.3, 0.4) is 0 Å². The summed E-state index contributed by atoms with van der Waals surface area (Å²) in [5.74, 6) is 1.73. The molecule has 1 atom stereocenters. The van der Waals surface area contributed by atoms with Crippen LogP contribution in [0.25, 0.3) is 11.3 Å². The molecule has 1 aliphatic rings. The summed E-state index contributed by atoms with van der Waals surface area (Å²) in [6, 6.07) is 24.9. The van der Waals surface area contributed by atoms with Crippen molar-refractivity contribution >= 4 is 5.91 Å². The summed E-state index contributed by atoms with van der Waals surface area (Å²) in [4.78, 5) is 21.7. The van der Waals surface area contributed by atoms with E-state index in [1.54, 1.807) is 13.2 Å². The van der Waals surface area contributed by atoms with Gasteiger partial charge in [0.25, 0.3) is 5.91 Å². The molecule has 0 saturated carbocycles. The summed E-state index contributed by atoms with van der Waals surface area (Å²) in [6.07, 6.45) is 4.53. The van der Waals surface area contributed by atoms with Gasteiger partial charge < -0.3 is 14.8 Å². The maximum absolute atomic E-state index is 13.1. The topological polar surface area (TPSA) is 73.3 Å². The number of ether oxygens (including phenoxy) is 2. The Kier molecular flexibility index (Phi) is 6.21. The number of aromatic nitrogens is 2. The molecule has 1 heterocycles. The third-order valence-corrected chi connectivity index (χ3v) is 6.02. The second-order valence-electron chi connectivity index (χ2n) is 8.22.